The number of rotatable bonds is 9. The molecule has 3 aromatic carbocycles. The first-order valence-electron chi connectivity index (χ1n) is 25.1. The maximum atomic E-state index is 14.8. The van der Waals surface area contributed by atoms with Gasteiger partial charge in [0.05, 0.1) is 41.1 Å². The van der Waals surface area contributed by atoms with Gasteiger partial charge < -0.3 is 40.0 Å². The van der Waals surface area contributed by atoms with E-state index in [1.165, 1.54) is 59.9 Å². The first-order chi connectivity index (χ1) is 36.7. The maximum absolute atomic E-state index is 14.8. The van der Waals surface area contributed by atoms with Gasteiger partial charge in [0.2, 0.25) is 5.91 Å². The van der Waals surface area contributed by atoms with Crippen molar-refractivity contribution in [2.45, 2.75) is 73.0 Å². The topological polar surface area (TPSA) is 233 Å². The molecule has 77 heavy (non-hydrogen) atoms. The van der Waals surface area contributed by atoms with Crippen LogP contribution in [0.25, 0.3) is 22.6 Å². The van der Waals surface area contributed by atoms with Gasteiger partial charge in [0.1, 0.15) is 41.5 Å². The number of aliphatic hydroxyl groups excluding tert-OH is 4. The molecule has 2 saturated heterocycles. The highest BCUT2D eigenvalue weighted by Gasteiger charge is 2.27. The summed E-state index contributed by atoms with van der Waals surface area (Å²) in [6.45, 7) is 12.7. The molecular formula is C55H63F3N10O9. The molecule has 408 valence electrons. The van der Waals surface area contributed by atoms with Crippen LogP contribution in [0, 0.1) is 59.0 Å². The van der Waals surface area contributed by atoms with Gasteiger partial charge in [-0.2, -0.15) is 0 Å². The fraction of sp³-hybridized carbons (Fsp3) is 0.382. The predicted molar refractivity (Wildman–Crippen MR) is 283 cm³/mol. The molecule has 6 aromatic rings. The highest BCUT2D eigenvalue weighted by Crippen LogP contribution is 2.28. The minimum absolute atomic E-state index is 0.219. The summed E-state index contributed by atoms with van der Waals surface area (Å²) >= 11 is 0. The second-order valence-corrected chi connectivity index (χ2v) is 19.0. The number of aromatic nitrogens is 6. The molecule has 6 heterocycles. The van der Waals surface area contributed by atoms with Gasteiger partial charge in [-0.05, 0) is 109 Å². The normalized spacial score (nSPS) is 15.3. The molecule has 1 atom stereocenters. The third kappa shape index (κ3) is 13.4. The van der Waals surface area contributed by atoms with Crippen molar-refractivity contribution in [2.75, 3.05) is 75.4 Å². The Morgan fingerprint density at radius 2 is 1.01 bits per heavy atom. The van der Waals surface area contributed by atoms with Crippen molar-refractivity contribution in [1.29, 1.82) is 0 Å². The van der Waals surface area contributed by atoms with Crippen LogP contribution in [0.2, 0.25) is 0 Å². The van der Waals surface area contributed by atoms with Crippen LogP contribution in [0.5, 0.6) is 0 Å². The molecule has 3 aliphatic rings. The minimum Gasteiger partial charge on any atom is -0.393 e. The number of piperazine rings is 1. The number of carbonyl (C=O) groups is 2. The van der Waals surface area contributed by atoms with Gasteiger partial charge in [-0.25, -0.2) is 28.1 Å². The Morgan fingerprint density at radius 3 is 1.39 bits per heavy atom. The lowest BCUT2D eigenvalue weighted by molar-refractivity contribution is -0.142. The molecule has 2 amide bonds. The molecule has 1 unspecified atom stereocenters. The van der Waals surface area contributed by atoms with E-state index in [0.29, 0.717) is 140 Å². The number of hydrogen-bond acceptors (Lipinski definition) is 14. The lowest BCUT2D eigenvalue weighted by Gasteiger charge is -2.36. The molecule has 3 aliphatic heterocycles. The van der Waals surface area contributed by atoms with Crippen molar-refractivity contribution in [3.63, 3.8) is 0 Å². The summed E-state index contributed by atoms with van der Waals surface area (Å²) in [6, 6.07) is 18.3. The smallest absolute Gasteiger partial charge is 0.258 e. The Labute approximate surface area is 442 Å². The Kier molecular flexibility index (Phi) is 18.4. The van der Waals surface area contributed by atoms with Gasteiger partial charge in [-0.3, -0.25) is 37.7 Å². The molecular weight excluding hydrogens is 1000 g/mol. The lowest BCUT2D eigenvalue weighted by Crippen LogP contribution is -2.52. The van der Waals surface area contributed by atoms with E-state index in [0.717, 1.165) is 5.57 Å². The van der Waals surface area contributed by atoms with Gasteiger partial charge in [-0.1, -0.05) is 6.08 Å². The molecule has 4 N–H and O–H groups in total. The van der Waals surface area contributed by atoms with Gasteiger partial charge in [0, 0.05) is 105 Å². The van der Waals surface area contributed by atoms with E-state index >= 15 is 0 Å². The Balaban J connectivity index is 0.000000169. The number of hydrogen-bond donors (Lipinski definition) is 4. The SMILES string of the molecule is Cc1cc(=O)n(-c2ccc(C3=CCN(C(=O)CO)CC3)c(F)c2)c(C)n1.Cc1cc(=O)n(-c2ccc(N3CCC(O)CC3)c(F)c2)c(C)n1.Cc1cc(=O)n(-c2ccc(N3CCN(C(=O)C(O)CO)CC3)c(F)c2)c(C)n1. The largest absolute Gasteiger partial charge is 0.393 e. The average molecular weight is 1070 g/mol. The fourth-order valence-corrected chi connectivity index (χ4v) is 9.65. The number of aliphatic hydroxyl groups is 4. The lowest BCUT2D eigenvalue weighted by atomic mass is 9.98. The van der Waals surface area contributed by atoms with Crippen molar-refractivity contribution in [1.82, 2.24) is 38.5 Å². The summed E-state index contributed by atoms with van der Waals surface area (Å²) in [5, 5.41) is 36.8. The second kappa shape index (κ2) is 24.9. The molecule has 3 aromatic heterocycles. The Hall–Kier alpha value is -7.79. The number of halogens is 3. The number of carbonyl (C=O) groups excluding carboxylic acids is 2. The molecule has 0 aliphatic carbocycles. The Morgan fingerprint density at radius 1 is 0.584 bits per heavy atom. The zero-order valence-corrected chi connectivity index (χ0v) is 43.8. The molecule has 22 heteroatoms. The molecule has 9 rings (SSSR count). The third-order valence-electron chi connectivity index (χ3n) is 13.5. The fourth-order valence-electron chi connectivity index (χ4n) is 9.65. The number of amides is 2. The van der Waals surface area contributed by atoms with Crippen molar-refractivity contribution >= 4 is 28.8 Å². The van der Waals surface area contributed by atoms with Crippen LogP contribution < -0.4 is 26.5 Å². The van der Waals surface area contributed by atoms with E-state index in [2.05, 4.69) is 15.0 Å². The number of anilines is 2. The monoisotopic (exact) mass is 1060 g/mol. The number of piperidine rings is 1. The van der Waals surface area contributed by atoms with Gasteiger partial charge >= 0.3 is 0 Å². The van der Waals surface area contributed by atoms with Gasteiger partial charge in [-0.15, -0.1) is 0 Å². The van der Waals surface area contributed by atoms with Crippen molar-refractivity contribution in [3.8, 4) is 17.1 Å². The van der Waals surface area contributed by atoms with E-state index in [4.69, 9.17) is 10.2 Å². The predicted octanol–water partition coefficient (Wildman–Crippen LogP) is 3.54. The standard InChI is InChI=1S/C19H23FN4O4.C19H20FN3O3.C17H20FN3O2/c1-12-9-18(27)24(13(2)21-12)14-3-4-16(15(20)10-14)22-5-7-23(8-6-22)19(28)17(26)11-25;1-12-9-18(25)23(13(2)21-12)15-3-4-16(17(20)10-15)14-5-7-22(8-6-14)19(26)11-24;1-11-9-17(23)21(12(2)19-11)13-3-4-16(15(18)10-13)20-7-5-14(22)6-8-20/h3-4,9-10,17,25-26H,5-8,11H2,1-2H3;3-5,9-10,24H,6-8,11H2,1-2H3;3-4,9-10,14,22H,5-8H2,1-2H3. The van der Waals surface area contributed by atoms with Crippen molar-refractivity contribution in [2.24, 2.45) is 0 Å². The molecule has 2 fully saturated rings. The average Bonchev–Trinajstić information content (AvgIpc) is 3.39. The summed E-state index contributed by atoms with van der Waals surface area (Å²) < 4.78 is 48.1. The van der Waals surface area contributed by atoms with E-state index in [1.54, 1.807) is 88.9 Å². The van der Waals surface area contributed by atoms with E-state index < -0.39 is 36.9 Å². The van der Waals surface area contributed by atoms with E-state index in [-0.39, 0.29) is 34.5 Å². The summed E-state index contributed by atoms with van der Waals surface area (Å²) in [5.41, 5.74) is 4.57. The number of aryl methyl sites for hydroxylation is 6. The molecule has 0 bridgehead atoms. The van der Waals surface area contributed by atoms with Gasteiger partial charge in [0.25, 0.3) is 22.6 Å². The van der Waals surface area contributed by atoms with Crippen LogP contribution in [0.1, 0.15) is 59.4 Å². The highest BCUT2D eigenvalue weighted by molar-refractivity contribution is 5.81. The zero-order chi connectivity index (χ0) is 55.8. The minimum atomic E-state index is -1.42. The van der Waals surface area contributed by atoms with E-state index in [1.807, 2.05) is 4.90 Å². The van der Waals surface area contributed by atoms with Crippen LogP contribution in [0.15, 0.2) is 93.3 Å². The highest BCUT2D eigenvalue weighted by atomic mass is 19.1. The van der Waals surface area contributed by atoms with Crippen LogP contribution in [0.3, 0.4) is 0 Å². The van der Waals surface area contributed by atoms with E-state index in [9.17, 15) is 47.4 Å². The number of nitrogens with zero attached hydrogens (tertiary/aromatic N) is 10. The third-order valence-corrected chi connectivity index (χ3v) is 13.5. The summed E-state index contributed by atoms with van der Waals surface area (Å²) in [6.07, 6.45) is 1.86. The van der Waals surface area contributed by atoms with Crippen LogP contribution in [-0.2, 0) is 9.59 Å². The van der Waals surface area contributed by atoms with Crippen LogP contribution in [-0.4, -0.2) is 148 Å². The molecule has 0 radical (unpaired) electrons. The molecule has 19 nitrogen and oxygen atoms in total. The van der Waals surface area contributed by atoms with Crippen molar-refractivity contribution < 1.29 is 43.2 Å². The Bertz CT molecular complexity index is 3370. The maximum Gasteiger partial charge on any atom is 0.258 e. The summed E-state index contributed by atoms with van der Waals surface area (Å²) in [4.78, 5) is 79.5. The summed E-state index contributed by atoms with van der Waals surface area (Å²) in [5.74, 6) is -0.627. The quantitative estimate of drug-likeness (QED) is 0.162. The first-order valence-corrected chi connectivity index (χ1v) is 25.1. The van der Waals surface area contributed by atoms with Crippen LogP contribution in [0.4, 0.5) is 24.5 Å². The van der Waals surface area contributed by atoms with Crippen LogP contribution >= 0.6 is 0 Å². The molecule has 0 saturated carbocycles. The number of benzene rings is 3. The zero-order valence-electron chi connectivity index (χ0n) is 43.8. The second-order valence-electron chi connectivity index (χ2n) is 19.0. The first kappa shape index (κ1) is 56.9. The summed E-state index contributed by atoms with van der Waals surface area (Å²) in [7, 11) is 0. The van der Waals surface area contributed by atoms with Crippen molar-refractivity contribution in [3.05, 3.63) is 168 Å². The molecule has 0 spiro atoms. The van der Waals surface area contributed by atoms with Gasteiger partial charge in [0.15, 0.2) is 6.10 Å².